The molecular formula is C19H19ClN4O3. The Balaban J connectivity index is 1.51. The number of fused-ring (bicyclic) bond motifs is 1. The van der Waals surface area contributed by atoms with Gasteiger partial charge in [0.15, 0.2) is 0 Å². The van der Waals surface area contributed by atoms with Crippen LogP contribution in [0.2, 0.25) is 5.02 Å². The van der Waals surface area contributed by atoms with Gasteiger partial charge in [0, 0.05) is 42.1 Å². The number of halogens is 1. The van der Waals surface area contributed by atoms with Gasteiger partial charge in [-0.2, -0.15) is 0 Å². The topological polar surface area (TPSA) is 91.2 Å². The van der Waals surface area contributed by atoms with Crippen LogP contribution >= 0.6 is 11.6 Å². The Morgan fingerprint density at radius 2 is 2.11 bits per heavy atom. The van der Waals surface area contributed by atoms with Gasteiger partial charge in [-0.15, -0.1) is 0 Å². The lowest BCUT2D eigenvalue weighted by molar-refractivity contribution is -0.0292. The number of carbonyl (C=O) groups excluding carboxylic acids is 1. The normalized spacial score (nSPS) is 16.6. The molecule has 1 fully saturated rings. The third-order valence-electron chi connectivity index (χ3n) is 5.09. The van der Waals surface area contributed by atoms with Crippen LogP contribution < -0.4 is 5.43 Å². The van der Waals surface area contributed by atoms with Crippen molar-refractivity contribution in [1.82, 2.24) is 19.4 Å². The largest absolute Gasteiger partial charge is 0.388 e. The summed E-state index contributed by atoms with van der Waals surface area (Å²) in [6.45, 7) is 1.22. The van der Waals surface area contributed by atoms with E-state index in [-0.39, 0.29) is 16.9 Å². The van der Waals surface area contributed by atoms with E-state index in [1.54, 1.807) is 41.8 Å². The highest BCUT2D eigenvalue weighted by atomic mass is 35.5. The highest BCUT2D eigenvalue weighted by Gasteiger charge is 2.35. The predicted octanol–water partition coefficient (Wildman–Crippen LogP) is 2.05. The lowest BCUT2D eigenvalue weighted by Crippen LogP contribution is -2.49. The molecular weight excluding hydrogens is 368 g/mol. The van der Waals surface area contributed by atoms with Crippen LogP contribution in [-0.4, -0.2) is 49.1 Å². The minimum atomic E-state index is -0.885. The molecule has 2 aromatic heterocycles. The van der Waals surface area contributed by atoms with Crippen molar-refractivity contribution in [3.8, 4) is 0 Å². The van der Waals surface area contributed by atoms with Crippen molar-refractivity contribution in [2.24, 2.45) is 0 Å². The average Bonchev–Trinajstić information content (AvgIpc) is 3.14. The molecule has 7 nitrogen and oxygen atoms in total. The van der Waals surface area contributed by atoms with E-state index in [1.807, 2.05) is 4.57 Å². The summed E-state index contributed by atoms with van der Waals surface area (Å²) < 4.78 is 1.83. The number of hydrogen-bond acceptors (Lipinski definition) is 4. The summed E-state index contributed by atoms with van der Waals surface area (Å²) >= 11 is 5.95. The molecule has 0 radical (unpaired) electrons. The Hall–Kier alpha value is -2.64. The Morgan fingerprint density at radius 1 is 1.33 bits per heavy atom. The highest BCUT2D eigenvalue weighted by Crippen LogP contribution is 2.25. The van der Waals surface area contributed by atoms with E-state index in [9.17, 15) is 14.7 Å². The number of aromatic amines is 1. The van der Waals surface area contributed by atoms with Gasteiger partial charge in [0.05, 0.1) is 24.0 Å². The van der Waals surface area contributed by atoms with Crippen molar-refractivity contribution < 1.29 is 9.90 Å². The van der Waals surface area contributed by atoms with Crippen LogP contribution in [0, 0.1) is 0 Å². The number of carbonyl (C=O) groups is 1. The lowest BCUT2D eigenvalue weighted by atomic mass is 9.91. The second-order valence-corrected chi connectivity index (χ2v) is 7.41. The molecule has 3 aromatic rings. The van der Waals surface area contributed by atoms with Crippen LogP contribution in [-0.2, 0) is 6.54 Å². The number of amides is 1. The van der Waals surface area contributed by atoms with Crippen molar-refractivity contribution in [3.05, 3.63) is 63.9 Å². The molecule has 27 heavy (non-hydrogen) atoms. The zero-order valence-electron chi connectivity index (χ0n) is 14.6. The molecule has 0 bridgehead atoms. The van der Waals surface area contributed by atoms with Gasteiger partial charge < -0.3 is 19.6 Å². The zero-order chi connectivity index (χ0) is 19.0. The number of nitrogens with one attached hydrogen (secondary N) is 1. The molecule has 1 aromatic carbocycles. The van der Waals surface area contributed by atoms with Crippen molar-refractivity contribution in [2.45, 2.75) is 25.0 Å². The number of imidazole rings is 1. The van der Waals surface area contributed by atoms with E-state index >= 15 is 0 Å². The fraction of sp³-hybridized carbons (Fsp3) is 0.316. The maximum absolute atomic E-state index is 12.8. The Labute approximate surface area is 160 Å². The van der Waals surface area contributed by atoms with E-state index in [0.29, 0.717) is 48.4 Å². The quantitative estimate of drug-likeness (QED) is 0.720. The van der Waals surface area contributed by atoms with Crippen molar-refractivity contribution >= 4 is 28.4 Å². The van der Waals surface area contributed by atoms with Crippen LogP contribution in [0.1, 0.15) is 23.2 Å². The number of H-pyrrole nitrogens is 1. The number of likely N-dealkylation sites (tertiary alicyclic amines) is 1. The predicted molar refractivity (Wildman–Crippen MR) is 102 cm³/mol. The molecule has 4 rings (SSSR count). The zero-order valence-corrected chi connectivity index (χ0v) is 15.3. The van der Waals surface area contributed by atoms with Crippen molar-refractivity contribution in [3.63, 3.8) is 0 Å². The molecule has 0 aliphatic carbocycles. The number of aliphatic hydroxyl groups is 1. The molecule has 0 saturated carbocycles. The molecule has 1 saturated heterocycles. The molecule has 0 spiro atoms. The van der Waals surface area contributed by atoms with Crippen LogP contribution in [0.4, 0.5) is 0 Å². The number of nitrogens with zero attached hydrogens (tertiary/aromatic N) is 3. The maximum Gasteiger partial charge on any atom is 0.259 e. The van der Waals surface area contributed by atoms with E-state index in [0.717, 1.165) is 0 Å². The highest BCUT2D eigenvalue weighted by molar-refractivity contribution is 6.31. The van der Waals surface area contributed by atoms with Gasteiger partial charge in [0.2, 0.25) is 5.43 Å². The fourth-order valence-corrected chi connectivity index (χ4v) is 3.70. The van der Waals surface area contributed by atoms with Gasteiger partial charge in [-0.05, 0) is 31.0 Å². The maximum atomic E-state index is 12.8. The number of pyridine rings is 1. The van der Waals surface area contributed by atoms with Gasteiger partial charge in [-0.25, -0.2) is 4.98 Å². The van der Waals surface area contributed by atoms with Crippen LogP contribution in [0.15, 0.2) is 47.9 Å². The molecule has 0 atom stereocenters. The number of rotatable bonds is 3. The summed E-state index contributed by atoms with van der Waals surface area (Å²) in [7, 11) is 0. The van der Waals surface area contributed by atoms with E-state index in [2.05, 4.69) is 9.97 Å². The summed E-state index contributed by atoms with van der Waals surface area (Å²) in [5.41, 5.74) is -0.503. The fourth-order valence-electron chi connectivity index (χ4n) is 3.53. The molecule has 140 valence electrons. The Bertz CT molecular complexity index is 1040. The van der Waals surface area contributed by atoms with Crippen LogP contribution in [0.5, 0.6) is 0 Å². The summed E-state index contributed by atoms with van der Waals surface area (Å²) in [5.74, 6) is -0.321. The smallest absolute Gasteiger partial charge is 0.259 e. The number of aromatic nitrogens is 3. The third-order valence-corrected chi connectivity index (χ3v) is 5.33. The Morgan fingerprint density at radius 3 is 2.81 bits per heavy atom. The van der Waals surface area contributed by atoms with Gasteiger partial charge in [-0.1, -0.05) is 11.6 Å². The standard InChI is InChI=1S/C19H19ClN4O3/c20-13-1-2-14-16(9-13)22-10-15(17(14)25)18(26)24-6-3-19(27,4-7-24)11-23-8-5-21-12-23/h1-2,5,8-10,12,27H,3-4,6-7,11H2,(H,22,25). The first-order valence-corrected chi connectivity index (χ1v) is 9.11. The molecule has 0 unspecified atom stereocenters. The van der Waals surface area contributed by atoms with Gasteiger partial charge in [0.25, 0.3) is 5.91 Å². The van der Waals surface area contributed by atoms with Gasteiger partial charge in [-0.3, -0.25) is 9.59 Å². The van der Waals surface area contributed by atoms with Crippen molar-refractivity contribution in [2.75, 3.05) is 13.1 Å². The minimum Gasteiger partial charge on any atom is -0.388 e. The Kier molecular flexibility index (Phi) is 4.49. The SMILES string of the molecule is O=C(c1c[nH]c2cc(Cl)ccc2c1=O)N1CCC(O)(Cn2ccnc2)CC1. The summed E-state index contributed by atoms with van der Waals surface area (Å²) in [6.07, 6.45) is 7.46. The molecule has 1 aliphatic heterocycles. The van der Waals surface area contributed by atoms with E-state index < -0.39 is 5.60 Å². The first kappa shape index (κ1) is 17.8. The number of piperidine rings is 1. The molecule has 3 heterocycles. The molecule has 1 aliphatic rings. The van der Waals surface area contributed by atoms with Crippen LogP contribution in [0.3, 0.4) is 0 Å². The summed E-state index contributed by atoms with van der Waals surface area (Å²) in [4.78, 5) is 34.1. The van der Waals surface area contributed by atoms with Crippen molar-refractivity contribution in [1.29, 1.82) is 0 Å². The minimum absolute atomic E-state index is 0.102. The first-order chi connectivity index (χ1) is 13.0. The van der Waals surface area contributed by atoms with Gasteiger partial charge >= 0.3 is 0 Å². The number of hydrogen-bond donors (Lipinski definition) is 2. The third kappa shape index (κ3) is 3.48. The first-order valence-electron chi connectivity index (χ1n) is 8.74. The average molecular weight is 387 g/mol. The number of benzene rings is 1. The molecule has 8 heteroatoms. The van der Waals surface area contributed by atoms with E-state index in [4.69, 9.17) is 11.6 Å². The summed E-state index contributed by atoms with van der Waals surface area (Å²) in [6, 6.07) is 4.90. The van der Waals surface area contributed by atoms with Gasteiger partial charge in [0.1, 0.15) is 5.56 Å². The van der Waals surface area contributed by atoms with Crippen LogP contribution in [0.25, 0.3) is 10.9 Å². The monoisotopic (exact) mass is 386 g/mol. The second-order valence-electron chi connectivity index (χ2n) is 6.97. The van der Waals surface area contributed by atoms with E-state index in [1.165, 1.54) is 6.20 Å². The molecule has 2 N–H and O–H groups in total. The second kappa shape index (κ2) is 6.83. The molecule has 1 amide bonds. The summed E-state index contributed by atoms with van der Waals surface area (Å²) in [5, 5.41) is 11.7. The lowest BCUT2D eigenvalue weighted by Gasteiger charge is -2.38.